The lowest BCUT2D eigenvalue weighted by molar-refractivity contribution is -0.123. The number of hydrogen-bond donors (Lipinski definition) is 1. The molecule has 2 aromatic rings. The minimum atomic E-state index is -0.910. The number of halogens is 1. The van der Waals surface area contributed by atoms with Gasteiger partial charge in [-0.15, -0.1) is 0 Å². The summed E-state index contributed by atoms with van der Waals surface area (Å²) in [6, 6.07) is 13.8. The quantitative estimate of drug-likeness (QED) is 0.872. The minimum Gasteiger partial charge on any atom is -0.449 e. The average molecular weight is 318 g/mol. The third kappa shape index (κ3) is 4.33. The highest BCUT2D eigenvalue weighted by Gasteiger charge is 2.19. The lowest BCUT2D eigenvalue weighted by atomic mass is 10.1. The zero-order valence-corrected chi connectivity index (χ0v) is 13.1. The molecule has 5 heteroatoms. The maximum atomic E-state index is 12.0. The van der Waals surface area contributed by atoms with E-state index >= 15 is 0 Å². The number of anilines is 1. The van der Waals surface area contributed by atoms with Crippen LogP contribution in [0.15, 0.2) is 48.5 Å². The highest BCUT2D eigenvalue weighted by Crippen LogP contribution is 2.15. The number of amides is 1. The Morgan fingerprint density at radius 3 is 2.55 bits per heavy atom. The van der Waals surface area contributed by atoms with E-state index < -0.39 is 18.0 Å². The van der Waals surface area contributed by atoms with E-state index in [4.69, 9.17) is 16.3 Å². The van der Waals surface area contributed by atoms with Crippen LogP contribution in [0.5, 0.6) is 0 Å². The van der Waals surface area contributed by atoms with E-state index in [0.717, 1.165) is 5.56 Å². The monoisotopic (exact) mass is 317 g/mol. The molecule has 0 fully saturated rings. The predicted octanol–water partition coefficient (Wildman–Crippen LogP) is 3.83. The van der Waals surface area contributed by atoms with Crippen LogP contribution in [0.2, 0.25) is 5.02 Å². The Morgan fingerprint density at radius 2 is 1.86 bits per heavy atom. The normalized spacial score (nSPS) is 11.6. The molecule has 114 valence electrons. The molecule has 0 heterocycles. The molecule has 0 saturated heterocycles. The summed E-state index contributed by atoms with van der Waals surface area (Å²) in [5.41, 5.74) is 1.92. The molecule has 0 aliphatic carbocycles. The summed E-state index contributed by atoms with van der Waals surface area (Å²) in [5, 5.41) is 3.17. The Labute approximate surface area is 134 Å². The number of nitrogens with one attached hydrogen (secondary N) is 1. The van der Waals surface area contributed by atoms with E-state index in [2.05, 4.69) is 5.32 Å². The van der Waals surface area contributed by atoms with Gasteiger partial charge in [0.25, 0.3) is 5.91 Å². The fourth-order valence-electron chi connectivity index (χ4n) is 1.86. The molecule has 0 unspecified atom stereocenters. The summed E-state index contributed by atoms with van der Waals surface area (Å²) in [6.45, 7) is 3.40. The summed E-state index contributed by atoms with van der Waals surface area (Å²) < 4.78 is 5.17. The van der Waals surface area contributed by atoms with Crippen molar-refractivity contribution in [1.82, 2.24) is 0 Å². The highest BCUT2D eigenvalue weighted by atomic mass is 35.5. The summed E-state index contributed by atoms with van der Waals surface area (Å²) >= 11 is 5.85. The summed E-state index contributed by atoms with van der Waals surface area (Å²) in [6.07, 6.45) is -0.910. The molecule has 0 aliphatic heterocycles. The van der Waals surface area contributed by atoms with Crippen molar-refractivity contribution in [3.63, 3.8) is 0 Å². The van der Waals surface area contributed by atoms with Gasteiger partial charge in [-0.25, -0.2) is 4.79 Å². The van der Waals surface area contributed by atoms with Gasteiger partial charge in [-0.05, 0) is 44.2 Å². The molecule has 0 aromatic heterocycles. The number of benzene rings is 2. The first kappa shape index (κ1) is 16.0. The molecule has 0 saturated carbocycles. The van der Waals surface area contributed by atoms with E-state index in [0.29, 0.717) is 16.3 Å². The van der Waals surface area contributed by atoms with Crippen molar-refractivity contribution >= 4 is 29.2 Å². The molecule has 1 N–H and O–H groups in total. The molecule has 22 heavy (non-hydrogen) atoms. The number of carbonyl (C=O) groups excluding carboxylic acids is 2. The lowest BCUT2D eigenvalue weighted by Crippen LogP contribution is -2.30. The second-order valence-corrected chi connectivity index (χ2v) is 5.35. The number of hydrogen-bond acceptors (Lipinski definition) is 3. The van der Waals surface area contributed by atoms with Crippen molar-refractivity contribution in [2.45, 2.75) is 20.0 Å². The summed E-state index contributed by atoms with van der Waals surface area (Å²) in [4.78, 5) is 24.0. The SMILES string of the molecule is Cc1cccc(C(=O)O[C@H](C)C(=O)Nc2cccc(Cl)c2)c1. The number of carbonyl (C=O) groups is 2. The lowest BCUT2D eigenvalue weighted by Gasteiger charge is -2.14. The van der Waals surface area contributed by atoms with Gasteiger partial charge in [0.05, 0.1) is 5.56 Å². The second kappa shape index (κ2) is 7.09. The van der Waals surface area contributed by atoms with Crippen molar-refractivity contribution in [3.8, 4) is 0 Å². The minimum absolute atomic E-state index is 0.414. The molecule has 0 spiro atoms. The molecular formula is C17H16ClNO3. The van der Waals surface area contributed by atoms with Gasteiger partial charge in [0, 0.05) is 10.7 Å². The van der Waals surface area contributed by atoms with Gasteiger partial charge in [-0.3, -0.25) is 4.79 Å². The maximum absolute atomic E-state index is 12.0. The van der Waals surface area contributed by atoms with E-state index in [1.165, 1.54) is 6.92 Å². The van der Waals surface area contributed by atoms with E-state index in [1.54, 1.807) is 42.5 Å². The molecule has 2 rings (SSSR count). The molecule has 4 nitrogen and oxygen atoms in total. The van der Waals surface area contributed by atoms with Gasteiger partial charge in [0.2, 0.25) is 0 Å². The smallest absolute Gasteiger partial charge is 0.338 e. The molecule has 0 aliphatic rings. The van der Waals surface area contributed by atoms with Gasteiger partial charge < -0.3 is 10.1 Å². The number of ether oxygens (including phenoxy) is 1. The van der Waals surface area contributed by atoms with Crippen LogP contribution in [0, 0.1) is 6.92 Å². The van der Waals surface area contributed by atoms with Crippen molar-refractivity contribution in [2.75, 3.05) is 5.32 Å². The van der Waals surface area contributed by atoms with Crippen molar-refractivity contribution in [3.05, 3.63) is 64.7 Å². The van der Waals surface area contributed by atoms with Crippen LogP contribution in [0.4, 0.5) is 5.69 Å². The summed E-state index contributed by atoms with van der Waals surface area (Å²) in [7, 11) is 0. The van der Waals surface area contributed by atoms with E-state index in [-0.39, 0.29) is 0 Å². The van der Waals surface area contributed by atoms with Gasteiger partial charge in [0.1, 0.15) is 0 Å². The maximum Gasteiger partial charge on any atom is 0.338 e. The van der Waals surface area contributed by atoms with Gasteiger partial charge in [-0.1, -0.05) is 35.4 Å². The van der Waals surface area contributed by atoms with Crippen LogP contribution in [0.25, 0.3) is 0 Å². The van der Waals surface area contributed by atoms with Crippen LogP contribution >= 0.6 is 11.6 Å². The fourth-order valence-corrected chi connectivity index (χ4v) is 2.05. The predicted molar refractivity (Wildman–Crippen MR) is 86.1 cm³/mol. The van der Waals surface area contributed by atoms with E-state index in [9.17, 15) is 9.59 Å². The first-order chi connectivity index (χ1) is 10.5. The van der Waals surface area contributed by atoms with Crippen molar-refractivity contribution in [1.29, 1.82) is 0 Å². The second-order valence-electron chi connectivity index (χ2n) is 4.92. The van der Waals surface area contributed by atoms with Gasteiger partial charge in [-0.2, -0.15) is 0 Å². The number of esters is 1. The highest BCUT2D eigenvalue weighted by molar-refractivity contribution is 6.30. The summed E-state index contributed by atoms with van der Waals surface area (Å²) in [5.74, 6) is -0.944. The first-order valence-corrected chi connectivity index (χ1v) is 7.17. The van der Waals surface area contributed by atoms with Crippen molar-refractivity contribution < 1.29 is 14.3 Å². The van der Waals surface area contributed by atoms with Crippen molar-refractivity contribution in [2.24, 2.45) is 0 Å². The fraction of sp³-hybridized carbons (Fsp3) is 0.176. The van der Waals surface area contributed by atoms with Gasteiger partial charge >= 0.3 is 5.97 Å². The topological polar surface area (TPSA) is 55.4 Å². The van der Waals surface area contributed by atoms with Crippen LogP contribution < -0.4 is 5.32 Å². The Kier molecular flexibility index (Phi) is 5.17. The largest absolute Gasteiger partial charge is 0.449 e. The standard InChI is InChI=1S/C17H16ClNO3/c1-11-5-3-6-13(9-11)17(21)22-12(2)16(20)19-15-8-4-7-14(18)10-15/h3-10,12H,1-2H3,(H,19,20)/t12-/m1/s1. The number of rotatable bonds is 4. The Balaban J connectivity index is 1.98. The van der Waals surface area contributed by atoms with Crippen LogP contribution in [0.3, 0.4) is 0 Å². The zero-order chi connectivity index (χ0) is 16.1. The molecule has 1 atom stereocenters. The molecule has 0 bridgehead atoms. The van der Waals surface area contributed by atoms with Crippen LogP contribution in [-0.4, -0.2) is 18.0 Å². The Morgan fingerprint density at radius 1 is 1.14 bits per heavy atom. The Bertz CT molecular complexity index is 700. The molecule has 2 aromatic carbocycles. The Hall–Kier alpha value is -2.33. The average Bonchev–Trinajstić information content (AvgIpc) is 2.47. The molecule has 1 amide bonds. The first-order valence-electron chi connectivity index (χ1n) is 6.80. The molecular weight excluding hydrogens is 302 g/mol. The van der Waals surface area contributed by atoms with Gasteiger partial charge in [0.15, 0.2) is 6.10 Å². The third-order valence-electron chi connectivity index (χ3n) is 3.00. The van der Waals surface area contributed by atoms with Crippen LogP contribution in [0.1, 0.15) is 22.8 Å². The molecule has 0 radical (unpaired) electrons. The van der Waals surface area contributed by atoms with Crippen LogP contribution in [-0.2, 0) is 9.53 Å². The number of aryl methyl sites for hydroxylation is 1. The third-order valence-corrected chi connectivity index (χ3v) is 3.23. The zero-order valence-electron chi connectivity index (χ0n) is 12.3. The van der Waals surface area contributed by atoms with E-state index in [1.807, 2.05) is 13.0 Å².